The number of amides is 3. The number of ether oxygens (including phenoxy) is 1. The summed E-state index contributed by atoms with van der Waals surface area (Å²) < 4.78 is 5.74. The predicted molar refractivity (Wildman–Crippen MR) is 130 cm³/mol. The molecule has 2 aliphatic heterocycles. The van der Waals surface area contributed by atoms with Gasteiger partial charge in [0.15, 0.2) is 0 Å². The van der Waals surface area contributed by atoms with Gasteiger partial charge in [0.1, 0.15) is 12.3 Å². The third-order valence-corrected chi connectivity index (χ3v) is 6.50. The number of thioether (sulfide) groups is 1. The van der Waals surface area contributed by atoms with E-state index in [4.69, 9.17) is 4.74 Å². The molecule has 2 saturated heterocycles. The molecular formula is C25H27N3O4S. The van der Waals surface area contributed by atoms with E-state index in [2.05, 4.69) is 17.0 Å². The Kier molecular flexibility index (Phi) is 7.34. The average Bonchev–Trinajstić information content (AvgIpc) is 3.11. The monoisotopic (exact) mass is 465 g/mol. The maximum atomic E-state index is 12.9. The number of hydrogen-bond donors (Lipinski definition) is 0. The SMILES string of the molecule is CCCOc1ccccc1/C=C1/SC(=O)N(CC(=O)N2CCN(c3ccccc3)CC2)C1=O. The van der Waals surface area contributed by atoms with E-state index in [1.54, 1.807) is 11.0 Å². The molecule has 0 aromatic heterocycles. The Hall–Kier alpha value is -3.26. The molecule has 0 aliphatic carbocycles. The summed E-state index contributed by atoms with van der Waals surface area (Å²) in [6.07, 6.45) is 2.53. The maximum Gasteiger partial charge on any atom is 0.294 e. The van der Waals surface area contributed by atoms with Crippen molar-refractivity contribution in [3.05, 3.63) is 65.1 Å². The van der Waals surface area contributed by atoms with E-state index in [1.165, 1.54) is 0 Å². The average molecular weight is 466 g/mol. The molecule has 0 unspecified atom stereocenters. The number of benzene rings is 2. The Balaban J connectivity index is 1.38. The van der Waals surface area contributed by atoms with Crippen LogP contribution in [0.4, 0.5) is 10.5 Å². The Morgan fingerprint density at radius 3 is 2.42 bits per heavy atom. The smallest absolute Gasteiger partial charge is 0.294 e. The molecule has 8 heteroatoms. The van der Waals surface area contributed by atoms with E-state index in [0.717, 1.165) is 34.3 Å². The standard InChI is InChI=1S/C25H27N3O4S/c1-2-16-32-21-11-7-6-8-19(21)17-22-24(30)28(25(31)33-22)18-23(29)27-14-12-26(13-15-27)20-9-4-3-5-10-20/h3-11,17H,2,12-16,18H2,1H3/b22-17+. The van der Waals surface area contributed by atoms with E-state index in [1.807, 2.05) is 49.4 Å². The third-order valence-electron chi connectivity index (χ3n) is 5.59. The van der Waals surface area contributed by atoms with E-state index >= 15 is 0 Å². The summed E-state index contributed by atoms with van der Waals surface area (Å²) in [6, 6.07) is 17.5. The van der Waals surface area contributed by atoms with Crippen LogP contribution in [0, 0.1) is 0 Å². The largest absolute Gasteiger partial charge is 0.493 e. The van der Waals surface area contributed by atoms with Gasteiger partial charge >= 0.3 is 0 Å². The minimum Gasteiger partial charge on any atom is -0.493 e. The lowest BCUT2D eigenvalue weighted by Crippen LogP contribution is -2.51. The minimum absolute atomic E-state index is 0.210. The molecule has 0 bridgehead atoms. The molecule has 4 rings (SSSR count). The van der Waals surface area contributed by atoms with Crippen molar-refractivity contribution in [2.75, 3.05) is 44.2 Å². The van der Waals surface area contributed by atoms with Crippen LogP contribution in [0.1, 0.15) is 18.9 Å². The lowest BCUT2D eigenvalue weighted by Gasteiger charge is -2.36. The zero-order valence-electron chi connectivity index (χ0n) is 18.6. The fourth-order valence-corrected chi connectivity index (χ4v) is 4.64. The highest BCUT2D eigenvalue weighted by molar-refractivity contribution is 8.18. The van der Waals surface area contributed by atoms with Crippen molar-refractivity contribution in [3.8, 4) is 5.75 Å². The van der Waals surface area contributed by atoms with Crippen LogP contribution in [0.15, 0.2) is 59.5 Å². The molecule has 0 saturated carbocycles. The van der Waals surface area contributed by atoms with Crippen LogP contribution in [-0.2, 0) is 9.59 Å². The van der Waals surface area contributed by atoms with Gasteiger partial charge in [0.2, 0.25) is 5.91 Å². The van der Waals surface area contributed by atoms with Gasteiger partial charge in [-0.2, -0.15) is 0 Å². The van der Waals surface area contributed by atoms with Crippen LogP contribution in [0.2, 0.25) is 0 Å². The van der Waals surface area contributed by atoms with Gasteiger partial charge in [-0.05, 0) is 42.5 Å². The summed E-state index contributed by atoms with van der Waals surface area (Å²) in [4.78, 5) is 43.5. The quantitative estimate of drug-likeness (QED) is 0.579. The second-order valence-electron chi connectivity index (χ2n) is 7.86. The highest BCUT2D eigenvalue weighted by Crippen LogP contribution is 2.34. The highest BCUT2D eigenvalue weighted by Gasteiger charge is 2.37. The summed E-state index contributed by atoms with van der Waals surface area (Å²) in [7, 11) is 0. The molecule has 0 N–H and O–H groups in total. The summed E-state index contributed by atoms with van der Waals surface area (Å²) in [6.45, 7) is 4.90. The second kappa shape index (κ2) is 10.6. The summed E-state index contributed by atoms with van der Waals surface area (Å²) in [5.41, 5.74) is 1.86. The van der Waals surface area contributed by atoms with E-state index in [-0.39, 0.29) is 12.5 Å². The second-order valence-corrected chi connectivity index (χ2v) is 8.85. The number of nitrogens with zero attached hydrogens (tertiary/aromatic N) is 3. The number of imide groups is 1. The van der Waals surface area contributed by atoms with Gasteiger partial charge in [-0.15, -0.1) is 0 Å². The van der Waals surface area contributed by atoms with Crippen molar-refractivity contribution >= 4 is 40.6 Å². The molecule has 33 heavy (non-hydrogen) atoms. The number of para-hydroxylation sites is 2. The van der Waals surface area contributed by atoms with Crippen LogP contribution in [0.5, 0.6) is 5.75 Å². The predicted octanol–water partition coefficient (Wildman–Crippen LogP) is 3.86. The highest BCUT2D eigenvalue weighted by atomic mass is 32.2. The molecule has 0 spiro atoms. The maximum absolute atomic E-state index is 12.9. The molecule has 7 nitrogen and oxygen atoms in total. The molecule has 2 aliphatic rings. The Morgan fingerprint density at radius 2 is 1.70 bits per heavy atom. The molecule has 2 heterocycles. The molecule has 0 atom stereocenters. The number of piperazine rings is 1. The Bertz CT molecular complexity index is 1050. The first-order valence-electron chi connectivity index (χ1n) is 11.1. The molecule has 2 fully saturated rings. The third kappa shape index (κ3) is 5.39. The van der Waals surface area contributed by atoms with Crippen molar-refractivity contribution in [1.29, 1.82) is 0 Å². The lowest BCUT2D eigenvalue weighted by molar-refractivity contribution is -0.136. The van der Waals surface area contributed by atoms with Gasteiger partial charge in [-0.3, -0.25) is 19.3 Å². The Morgan fingerprint density at radius 1 is 1.00 bits per heavy atom. The van der Waals surface area contributed by atoms with Gasteiger partial charge in [0.25, 0.3) is 11.1 Å². The number of carbonyl (C=O) groups is 3. The first kappa shape index (κ1) is 22.9. The minimum atomic E-state index is -0.438. The van der Waals surface area contributed by atoms with Crippen LogP contribution in [-0.4, -0.2) is 66.2 Å². The van der Waals surface area contributed by atoms with Gasteiger partial charge in [0.05, 0.1) is 11.5 Å². The fraction of sp³-hybridized carbons (Fsp3) is 0.320. The molecule has 3 amide bonds. The molecule has 172 valence electrons. The van der Waals surface area contributed by atoms with Crippen LogP contribution in [0.25, 0.3) is 6.08 Å². The topological polar surface area (TPSA) is 70.2 Å². The molecule has 2 aromatic rings. The van der Waals surface area contributed by atoms with Gasteiger partial charge < -0.3 is 14.5 Å². The first-order chi connectivity index (χ1) is 16.1. The van der Waals surface area contributed by atoms with Crippen molar-refractivity contribution in [3.63, 3.8) is 0 Å². The lowest BCUT2D eigenvalue weighted by atomic mass is 10.2. The number of hydrogen-bond acceptors (Lipinski definition) is 6. The number of carbonyl (C=O) groups excluding carboxylic acids is 3. The van der Waals surface area contributed by atoms with Crippen molar-refractivity contribution in [1.82, 2.24) is 9.80 Å². The first-order valence-corrected chi connectivity index (χ1v) is 11.9. The van der Waals surface area contributed by atoms with Crippen molar-refractivity contribution < 1.29 is 19.1 Å². The number of anilines is 1. The normalized spacial score (nSPS) is 17.7. The van der Waals surface area contributed by atoms with Gasteiger partial charge in [-0.1, -0.05) is 43.3 Å². The van der Waals surface area contributed by atoms with Crippen LogP contribution >= 0.6 is 11.8 Å². The fourth-order valence-electron chi connectivity index (χ4n) is 3.81. The molecular weight excluding hydrogens is 438 g/mol. The zero-order valence-corrected chi connectivity index (χ0v) is 19.4. The van der Waals surface area contributed by atoms with E-state index in [9.17, 15) is 14.4 Å². The summed E-state index contributed by atoms with van der Waals surface area (Å²) in [5, 5.41) is -0.422. The van der Waals surface area contributed by atoms with Crippen LogP contribution < -0.4 is 9.64 Å². The number of rotatable bonds is 7. The van der Waals surface area contributed by atoms with Gasteiger partial charge in [-0.25, -0.2) is 0 Å². The van der Waals surface area contributed by atoms with E-state index in [0.29, 0.717) is 43.4 Å². The van der Waals surface area contributed by atoms with Crippen LogP contribution in [0.3, 0.4) is 0 Å². The van der Waals surface area contributed by atoms with Crippen molar-refractivity contribution in [2.24, 2.45) is 0 Å². The molecule has 2 aromatic carbocycles. The Labute approximate surface area is 198 Å². The molecule has 0 radical (unpaired) electrons. The summed E-state index contributed by atoms with van der Waals surface area (Å²) >= 11 is 0.859. The zero-order chi connectivity index (χ0) is 23.2. The van der Waals surface area contributed by atoms with E-state index < -0.39 is 11.1 Å². The van der Waals surface area contributed by atoms with Crippen molar-refractivity contribution in [2.45, 2.75) is 13.3 Å². The summed E-state index contributed by atoms with van der Waals surface area (Å²) in [5.74, 6) is 0.0167. The van der Waals surface area contributed by atoms with Gasteiger partial charge in [0, 0.05) is 37.4 Å².